The van der Waals surface area contributed by atoms with E-state index in [4.69, 9.17) is 0 Å². The highest BCUT2D eigenvalue weighted by atomic mass is 79.9. The van der Waals surface area contributed by atoms with Crippen molar-refractivity contribution in [3.05, 3.63) is 77.0 Å². The summed E-state index contributed by atoms with van der Waals surface area (Å²) in [5.41, 5.74) is 2.59. The summed E-state index contributed by atoms with van der Waals surface area (Å²) < 4.78 is 39.2. The number of hydrogen-bond donors (Lipinski definition) is 1. The van der Waals surface area contributed by atoms with E-state index in [-0.39, 0.29) is 5.69 Å². The maximum Gasteiger partial charge on any atom is 0.408 e. The van der Waals surface area contributed by atoms with Gasteiger partial charge >= 0.3 is 6.18 Å². The lowest BCUT2D eigenvalue weighted by atomic mass is 10.0. The molecule has 0 aliphatic carbocycles. The molecule has 2 heterocycles. The van der Waals surface area contributed by atoms with Crippen LogP contribution in [0.3, 0.4) is 0 Å². The third-order valence-corrected chi connectivity index (χ3v) is 4.81. The molecule has 0 radical (unpaired) electrons. The second-order valence-electron chi connectivity index (χ2n) is 6.58. The van der Waals surface area contributed by atoms with Crippen molar-refractivity contribution < 1.29 is 18.0 Å². The highest BCUT2D eigenvalue weighted by molar-refractivity contribution is 9.10. The molecule has 1 N–H and O–H groups in total. The van der Waals surface area contributed by atoms with Crippen molar-refractivity contribution in [2.75, 3.05) is 5.32 Å². The Kier molecular flexibility index (Phi) is 5.29. The van der Waals surface area contributed by atoms with Gasteiger partial charge in [-0.1, -0.05) is 46.3 Å². The molecule has 0 saturated heterocycles. The fourth-order valence-electron chi connectivity index (χ4n) is 3.06. The number of anilines is 1. The van der Waals surface area contributed by atoms with Crippen LogP contribution < -0.4 is 5.32 Å². The van der Waals surface area contributed by atoms with Crippen LogP contribution in [0, 0.1) is 0 Å². The highest BCUT2D eigenvalue weighted by Gasteiger charge is 2.28. The Hall–Kier alpha value is -3.20. The molecule has 0 saturated carbocycles. The summed E-state index contributed by atoms with van der Waals surface area (Å²) in [6, 6.07) is 16.4. The summed E-state index contributed by atoms with van der Waals surface area (Å²) in [6.07, 6.45) is -2.07. The molecule has 2 aromatic heterocycles. The van der Waals surface area contributed by atoms with Crippen LogP contribution in [-0.2, 0) is 6.54 Å². The molecule has 4 aromatic rings. The molecule has 5 nitrogen and oxygen atoms in total. The number of aromatic nitrogens is 3. The maximum atomic E-state index is 13.0. The number of hydrogen-bond acceptors (Lipinski definition) is 3. The second-order valence-corrected chi connectivity index (χ2v) is 7.49. The van der Waals surface area contributed by atoms with Crippen molar-refractivity contribution in [2.24, 2.45) is 0 Å². The molecule has 1 amide bonds. The number of carbonyl (C=O) groups excluding carboxylic acids is 1. The van der Waals surface area contributed by atoms with Crippen molar-refractivity contribution >= 4 is 38.4 Å². The monoisotopic (exact) mass is 474 g/mol. The lowest BCUT2D eigenvalue weighted by molar-refractivity contribution is -0.142. The van der Waals surface area contributed by atoms with Crippen LogP contribution in [0.5, 0.6) is 0 Å². The number of fused-ring (bicyclic) bond motifs is 1. The Balaban J connectivity index is 1.70. The fourth-order valence-corrected chi connectivity index (χ4v) is 3.45. The van der Waals surface area contributed by atoms with Gasteiger partial charge in [0, 0.05) is 21.6 Å². The summed E-state index contributed by atoms with van der Waals surface area (Å²) >= 11 is 3.43. The van der Waals surface area contributed by atoms with Gasteiger partial charge < -0.3 is 5.32 Å². The molecule has 0 atom stereocenters. The Morgan fingerprint density at radius 1 is 1.10 bits per heavy atom. The van der Waals surface area contributed by atoms with E-state index in [1.54, 1.807) is 24.3 Å². The minimum absolute atomic E-state index is 0.175. The Labute approximate surface area is 177 Å². The number of benzene rings is 2. The van der Waals surface area contributed by atoms with Crippen LogP contribution in [-0.4, -0.2) is 26.8 Å². The first-order valence-corrected chi connectivity index (χ1v) is 9.64. The van der Waals surface area contributed by atoms with Gasteiger partial charge in [-0.25, -0.2) is 4.98 Å². The summed E-state index contributed by atoms with van der Waals surface area (Å²) in [4.78, 5) is 17.6. The van der Waals surface area contributed by atoms with E-state index in [0.29, 0.717) is 22.2 Å². The lowest BCUT2D eigenvalue weighted by Gasteiger charge is -2.10. The first-order valence-electron chi connectivity index (χ1n) is 8.85. The SMILES string of the molecule is O=C(Nc1cnn(CC(F)(F)F)c1)c1cc(-c2cccc(Br)c2)nc2ccccc12. The van der Waals surface area contributed by atoms with E-state index >= 15 is 0 Å². The standard InChI is InChI=1S/C21H14BrF3N4O/c22-14-5-3-4-13(8-14)19-9-17(16-6-1-2-7-18(16)28-19)20(30)27-15-10-26-29(11-15)12-21(23,24)25/h1-11H,12H2,(H,27,30). The van der Waals surface area contributed by atoms with E-state index in [0.717, 1.165) is 20.9 Å². The van der Waals surface area contributed by atoms with Crippen LogP contribution >= 0.6 is 15.9 Å². The third kappa shape index (κ3) is 4.51. The smallest absolute Gasteiger partial charge is 0.319 e. The zero-order chi connectivity index (χ0) is 21.3. The third-order valence-electron chi connectivity index (χ3n) is 4.31. The van der Waals surface area contributed by atoms with Gasteiger partial charge in [-0.15, -0.1) is 0 Å². The van der Waals surface area contributed by atoms with E-state index in [2.05, 4.69) is 31.3 Å². The van der Waals surface area contributed by atoms with Crippen molar-refractivity contribution in [1.82, 2.24) is 14.8 Å². The van der Waals surface area contributed by atoms with E-state index in [1.807, 2.05) is 30.3 Å². The van der Waals surface area contributed by atoms with Crippen LogP contribution in [0.15, 0.2) is 71.5 Å². The van der Waals surface area contributed by atoms with Gasteiger partial charge in [0.2, 0.25) is 0 Å². The minimum atomic E-state index is -4.40. The number of nitrogens with one attached hydrogen (secondary N) is 1. The first kappa shape index (κ1) is 20.1. The molecular formula is C21H14BrF3N4O. The first-order chi connectivity index (χ1) is 14.3. The minimum Gasteiger partial charge on any atom is -0.319 e. The van der Waals surface area contributed by atoms with Gasteiger partial charge in [0.1, 0.15) is 6.54 Å². The van der Waals surface area contributed by atoms with Crippen LogP contribution in [0.2, 0.25) is 0 Å². The van der Waals surface area contributed by atoms with Crippen LogP contribution in [0.1, 0.15) is 10.4 Å². The number of halogens is 4. The van der Waals surface area contributed by atoms with Crippen LogP contribution in [0.4, 0.5) is 18.9 Å². The van der Waals surface area contributed by atoms with Gasteiger partial charge in [-0.05, 0) is 24.3 Å². The van der Waals surface area contributed by atoms with E-state index in [9.17, 15) is 18.0 Å². The molecule has 0 spiro atoms. The number of rotatable bonds is 4. The Bertz CT molecular complexity index is 1240. The number of amides is 1. The molecule has 0 fully saturated rings. The molecule has 4 rings (SSSR count). The molecule has 9 heteroatoms. The van der Waals surface area contributed by atoms with E-state index in [1.165, 1.54) is 6.20 Å². The quantitative estimate of drug-likeness (QED) is 0.414. The number of pyridine rings is 1. The van der Waals surface area contributed by atoms with Crippen molar-refractivity contribution in [2.45, 2.75) is 12.7 Å². The zero-order valence-electron chi connectivity index (χ0n) is 15.3. The maximum absolute atomic E-state index is 13.0. The number of nitrogens with zero attached hydrogens (tertiary/aromatic N) is 3. The van der Waals surface area contributed by atoms with Crippen molar-refractivity contribution in [1.29, 1.82) is 0 Å². The van der Waals surface area contributed by atoms with Gasteiger partial charge in [-0.2, -0.15) is 18.3 Å². The van der Waals surface area contributed by atoms with Gasteiger partial charge in [0.05, 0.1) is 28.7 Å². The molecule has 0 unspecified atom stereocenters. The molecule has 152 valence electrons. The van der Waals surface area contributed by atoms with Crippen molar-refractivity contribution in [3.8, 4) is 11.3 Å². The zero-order valence-corrected chi connectivity index (χ0v) is 16.9. The average molecular weight is 475 g/mol. The average Bonchev–Trinajstić information content (AvgIpc) is 3.12. The molecular weight excluding hydrogens is 461 g/mol. The van der Waals surface area contributed by atoms with Crippen LogP contribution in [0.25, 0.3) is 22.2 Å². The lowest BCUT2D eigenvalue weighted by Crippen LogP contribution is -2.18. The molecule has 0 aliphatic heterocycles. The summed E-state index contributed by atoms with van der Waals surface area (Å²) in [6.45, 7) is -1.23. The number of para-hydroxylation sites is 1. The molecule has 0 bridgehead atoms. The van der Waals surface area contributed by atoms with Crippen molar-refractivity contribution in [3.63, 3.8) is 0 Å². The normalized spacial score (nSPS) is 11.6. The predicted octanol–water partition coefficient (Wildman–Crippen LogP) is 5.68. The molecule has 2 aromatic carbocycles. The second kappa shape index (κ2) is 7.91. The Morgan fingerprint density at radius 3 is 2.67 bits per heavy atom. The van der Waals surface area contributed by atoms with Gasteiger partial charge in [0.25, 0.3) is 5.91 Å². The van der Waals surface area contributed by atoms with Gasteiger partial charge in [0.15, 0.2) is 0 Å². The predicted molar refractivity (Wildman–Crippen MR) is 111 cm³/mol. The number of carbonyl (C=O) groups is 1. The molecule has 30 heavy (non-hydrogen) atoms. The Morgan fingerprint density at radius 2 is 1.90 bits per heavy atom. The van der Waals surface area contributed by atoms with Gasteiger partial charge in [-0.3, -0.25) is 9.48 Å². The molecule has 0 aliphatic rings. The summed E-state index contributed by atoms with van der Waals surface area (Å²) in [5.74, 6) is -0.462. The highest BCUT2D eigenvalue weighted by Crippen LogP contribution is 2.27. The largest absolute Gasteiger partial charge is 0.408 e. The summed E-state index contributed by atoms with van der Waals surface area (Å²) in [7, 11) is 0. The topological polar surface area (TPSA) is 59.8 Å². The van der Waals surface area contributed by atoms with E-state index < -0.39 is 18.6 Å². The fraction of sp³-hybridized carbons (Fsp3) is 0.0952. The number of alkyl halides is 3. The summed E-state index contributed by atoms with van der Waals surface area (Å²) in [5, 5.41) is 6.91.